The summed E-state index contributed by atoms with van der Waals surface area (Å²) in [5.41, 5.74) is 4.13. The van der Waals surface area contributed by atoms with E-state index in [1.165, 1.54) is 4.90 Å². The third-order valence-corrected chi connectivity index (χ3v) is 12.1. The van der Waals surface area contributed by atoms with Crippen LogP contribution in [0.2, 0.25) is 0 Å². The van der Waals surface area contributed by atoms with Crippen LogP contribution in [0.5, 0.6) is 5.75 Å². The van der Waals surface area contributed by atoms with Crippen molar-refractivity contribution in [2.45, 2.75) is 43.3 Å². The lowest BCUT2D eigenvalue weighted by Gasteiger charge is -2.28. The number of amides is 3. The van der Waals surface area contributed by atoms with E-state index in [0.29, 0.717) is 17.0 Å². The van der Waals surface area contributed by atoms with Gasteiger partial charge >= 0.3 is 5.97 Å². The van der Waals surface area contributed by atoms with Crippen LogP contribution in [-0.2, 0) is 19.2 Å². The molecule has 2 aromatic rings. The number of anilines is 2. The van der Waals surface area contributed by atoms with Crippen LogP contribution in [0.3, 0.4) is 0 Å². The number of carbonyl (C=O) groups excluding carboxylic acids is 4. The summed E-state index contributed by atoms with van der Waals surface area (Å²) >= 11 is 7.44. The zero-order valence-corrected chi connectivity index (χ0v) is 24.5. The molecular formula is C29H28Br2N2O5. The van der Waals surface area contributed by atoms with Crippen LogP contribution < -0.4 is 14.5 Å². The molecular weight excluding hydrogens is 616 g/mol. The van der Waals surface area contributed by atoms with E-state index in [0.717, 1.165) is 23.2 Å². The van der Waals surface area contributed by atoms with Gasteiger partial charge < -0.3 is 9.64 Å². The average Bonchev–Trinajstić information content (AvgIpc) is 3.59. The molecule has 3 amide bonds. The Hall–Kier alpha value is -2.52. The van der Waals surface area contributed by atoms with Gasteiger partial charge in [-0.2, -0.15) is 0 Å². The summed E-state index contributed by atoms with van der Waals surface area (Å²) in [6, 6.07) is 10.8. The first-order chi connectivity index (χ1) is 18.1. The lowest BCUT2D eigenvalue weighted by Crippen LogP contribution is -2.37. The molecule has 198 valence electrons. The number of hydrogen-bond acceptors (Lipinski definition) is 5. The van der Waals surface area contributed by atoms with E-state index in [2.05, 4.69) is 31.9 Å². The van der Waals surface area contributed by atoms with Crippen LogP contribution in [0.1, 0.15) is 29.5 Å². The maximum absolute atomic E-state index is 13.4. The number of alkyl halides is 2. The Morgan fingerprint density at radius 3 is 2.18 bits per heavy atom. The van der Waals surface area contributed by atoms with Crippen molar-refractivity contribution in [1.29, 1.82) is 0 Å². The topological polar surface area (TPSA) is 84.0 Å². The number of fused-ring (bicyclic) bond motifs is 5. The van der Waals surface area contributed by atoms with Crippen molar-refractivity contribution in [1.82, 2.24) is 0 Å². The smallest absolute Gasteiger partial charge is 0.316 e. The van der Waals surface area contributed by atoms with Crippen LogP contribution in [0.15, 0.2) is 36.4 Å². The molecule has 2 aliphatic heterocycles. The van der Waals surface area contributed by atoms with Crippen molar-refractivity contribution >= 4 is 66.9 Å². The molecule has 2 saturated heterocycles. The summed E-state index contributed by atoms with van der Waals surface area (Å²) in [7, 11) is 0. The molecule has 38 heavy (non-hydrogen) atoms. The van der Waals surface area contributed by atoms with Gasteiger partial charge in [0.05, 0.1) is 23.4 Å². The first-order valence-corrected chi connectivity index (χ1v) is 14.8. The summed E-state index contributed by atoms with van der Waals surface area (Å²) in [4.78, 5) is 55.9. The second-order valence-electron chi connectivity index (χ2n) is 11.0. The maximum atomic E-state index is 13.4. The molecule has 4 fully saturated rings. The molecule has 0 radical (unpaired) electrons. The van der Waals surface area contributed by atoms with E-state index in [1.54, 1.807) is 30.0 Å². The number of carbonyl (C=O) groups is 4. The second kappa shape index (κ2) is 9.30. The van der Waals surface area contributed by atoms with Crippen molar-refractivity contribution in [2.24, 2.45) is 29.6 Å². The molecule has 2 saturated carbocycles. The highest BCUT2D eigenvalue weighted by Gasteiger charge is 2.66. The van der Waals surface area contributed by atoms with E-state index in [4.69, 9.17) is 4.74 Å². The molecule has 0 aromatic heterocycles. The number of hydrogen-bond donors (Lipinski definition) is 0. The molecule has 2 aromatic carbocycles. The molecule has 4 aliphatic rings. The predicted molar refractivity (Wildman–Crippen MR) is 150 cm³/mol. The standard InChI is InChI=1S/C29H28Br2N2O5/c1-13-5-4-6-21(15(13)3)32-12-16(10-22(32)34)29(37)38-17-7-8-20(14(2)9-17)33-27(35)23-18-11-19(24(23)28(33)36)26(31)25(18)30/h4-9,16,18-19,23-26H,10-12H2,1-3H3/t16-,18-,19-,23-,24+,25+,26+/m1/s1. The van der Waals surface area contributed by atoms with Gasteiger partial charge in [-0.25, -0.2) is 4.90 Å². The molecule has 7 nitrogen and oxygen atoms in total. The van der Waals surface area contributed by atoms with E-state index in [1.807, 2.05) is 32.0 Å². The first-order valence-electron chi connectivity index (χ1n) is 12.9. The van der Waals surface area contributed by atoms with E-state index in [-0.39, 0.29) is 64.0 Å². The Labute approximate surface area is 238 Å². The fraction of sp³-hybridized carbons (Fsp3) is 0.448. The Morgan fingerprint density at radius 2 is 1.55 bits per heavy atom. The van der Waals surface area contributed by atoms with Gasteiger partial charge in [-0.15, -0.1) is 0 Å². The Kier molecular flexibility index (Phi) is 6.30. The molecule has 0 unspecified atom stereocenters. The molecule has 2 aliphatic carbocycles. The zero-order chi connectivity index (χ0) is 27.0. The molecule has 0 N–H and O–H groups in total. The number of esters is 1. The Morgan fingerprint density at radius 1 is 0.895 bits per heavy atom. The summed E-state index contributed by atoms with van der Waals surface area (Å²) < 4.78 is 5.67. The van der Waals surface area contributed by atoms with Crippen LogP contribution in [0, 0.1) is 50.4 Å². The van der Waals surface area contributed by atoms with Crippen LogP contribution in [-0.4, -0.2) is 39.9 Å². The van der Waals surface area contributed by atoms with Crippen molar-refractivity contribution in [3.63, 3.8) is 0 Å². The summed E-state index contributed by atoms with van der Waals surface area (Å²) in [5, 5.41) is 0. The Balaban J connectivity index is 1.17. The van der Waals surface area contributed by atoms with Gasteiger partial charge in [0, 0.05) is 28.3 Å². The third kappa shape index (κ3) is 3.79. The molecule has 2 bridgehead atoms. The van der Waals surface area contributed by atoms with Gasteiger partial charge in [0.2, 0.25) is 17.7 Å². The van der Waals surface area contributed by atoms with Crippen molar-refractivity contribution in [3.05, 3.63) is 53.1 Å². The highest BCUT2D eigenvalue weighted by molar-refractivity contribution is 9.12. The molecule has 2 heterocycles. The number of halogens is 2. The normalized spacial score (nSPS) is 31.9. The largest absolute Gasteiger partial charge is 0.426 e. The number of ether oxygens (including phenoxy) is 1. The third-order valence-electron chi connectivity index (χ3n) is 8.94. The van der Waals surface area contributed by atoms with Gasteiger partial charge in [-0.3, -0.25) is 19.2 Å². The summed E-state index contributed by atoms with van der Waals surface area (Å²) in [6.07, 6.45) is 0.971. The lowest BCUT2D eigenvalue weighted by atomic mass is 9.81. The number of imide groups is 1. The molecule has 6 rings (SSSR count). The molecule has 7 atom stereocenters. The highest BCUT2D eigenvalue weighted by atomic mass is 79.9. The van der Waals surface area contributed by atoms with E-state index < -0.39 is 11.9 Å². The summed E-state index contributed by atoms with van der Waals surface area (Å²) in [5.74, 6) is -1.38. The molecule has 9 heteroatoms. The van der Waals surface area contributed by atoms with Gasteiger partial charge in [-0.1, -0.05) is 44.0 Å². The van der Waals surface area contributed by atoms with Crippen molar-refractivity contribution < 1.29 is 23.9 Å². The van der Waals surface area contributed by atoms with Crippen molar-refractivity contribution in [2.75, 3.05) is 16.3 Å². The zero-order valence-electron chi connectivity index (χ0n) is 21.3. The van der Waals surface area contributed by atoms with Crippen LogP contribution >= 0.6 is 31.9 Å². The number of benzene rings is 2. The van der Waals surface area contributed by atoms with Gasteiger partial charge in [0.25, 0.3) is 0 Å². The molecule has 0 spiro atoms. The fourth-order valence-corrected chi connectivity index (χ4v) is 8.73. The van der Waals surface area contributed by atoms with Gasteiger partial charge in [0.1, 0.15) is 5.75 Å². The van der Waals surface area contributed by atoms with E-state index >= 15 is 0 Å². The van der Waals surface area contributed by atoms with Crippen molar-refractivity contribution in [3.8, 4) is 5.75 Å². The number of nitrogens with zero attached hydrogens (tertiary/aromatic N) is 2. The van der Waals surface area contributed by atoms with E-state index in [9.17, 15) is 19.2 Å². The highest BCUT2D eigenvalue weighted by Crippen LogP contribution is 2.60. The minimum Gasteiger partial charge on any atom is -0.426 e. The second-order valence-corrected chi connectivity index (χ2v) is 13.1. The average molecular weight is 644 g/mol. The van der Waals surface area contributed by atoms with Crippen LogP contribution in [0.4, 0.5) is 11.4 Å². The Bertz CT molecular complexity index is 1360. The quantitative estimate of drug-likeness (QED) is 0.206. The summed E-state index contributed by atoms with van der Waals surface area (Å²) in [6.45, 7) is 6.04. The number of aryl methyl sites for hydroxylation is 2. The van der Waals surface area contributed by atoms with Gasteiger partial charge in [-0.05, 0) is 80.0 Å². The number of rotatable bonds is 4. The predicted octanol–water partition coefficient (Wildman–Crippen LogP) is 4.85. The fourth-order valence-electron chi connectivity index (χ4n) is 6.85. The minimum absolute atomic E-state index is 0.0916. The maximum Gasteiger partial charge on any atom is 0.316 e. The lowest BCUT2D eigenvalue weighted by molar-refractivity contribution is -0.139. The minimum atomic E-state index is -0.576. The van der Waals surface area contributed by atoms with Gasteiger partial charge in [0.15, 0.2) is 0 Å². The monoisotopic (exact) mass is 642 g/mol. The SMILES string of the molecule is Cc1cc(OC(=O)[C@@H]2CC(=O)N(c3cccc(C)c3C)C2)ccc1N1C(=O)[C@@H]2[C@H]3C[C@@H]([C@H](Br)[C@H]3Br)[C@@H]2C1=O. The first kappa shape index (κ1) is 25.7. The van der Waals surface area contributed by atoms with Crippen LogP contribution in [0.25, 0.3) is 0 Å².